The van der Waals surface area contributed by atoms with Crippen molar-refractivity contribution in [3.05, 3.63) is 22.7 Å². The van der Waals surface area contributed by atoms with Gasteiger partial charge in [0.05, 0.1) is 24.9 Å². The number of carbonyl (C=O) groups is 1. The highest BCUT2D eigenvalue weighted by Gasteiger charge is 2.29. The van der Waals surface area contributed by atoms with Gasteiger partial charge in [0.15, 0.2) is 0 Å². The lowest BCUT2D eigenvalue weighted by molar-refractivity contribution is -0.118. The van der Waals surface area contributed by atoms with Crippen LogP contribution in [0.4, 0.5) is 5.69 Å². The standard InChI is InChI=1S/C13H17BrN2O3/c1-18-8-3-4-10(14)11(5-8)16-13(17)12-6-9(19-2)7-15-12/h3-5,9,12,15H,6-7H2,1-2H3,(H,16,17). The van der Waals surface area contributed by atoms with Gasteiger partial charge in [-0.15, -0.1) is 0 Å². The number of ether oxygens (including phenoxy) is 2. The Kier molecular flexibility index (Phi) is 4.79. The predicted molar refractivity (Wildman–Crippen MR) is 76.5 cm³/mol. The Hall–Kier alpha value is -1.11. The fraction of sp³-hybridized carbons (Fsp3) is 0.462. The van der Waals surface area contributed by atoms with Crippen LogP contribution in [0.5, 0.6) is 5.75 Å². The summed E-state index contributed by atoms with van der Waals surface area (Å²) >= 11 is 3.41. The first-order valence-electron chi connectivity index (χ1n) is 6.04. The summed E-state index contributed by atoms with van der Waals surface area (Å²) in [4.78, 5) is 12.1. The minimum absolute atomic E-state index is 0.0616. The molecule has 0 aliphatic carbocycles. The molecule has 2 rings (SSSR count). The first-order chi connectivity index (χ1) is 9.13. The predicted octanol–water partition coefficient (Wildman–Crippen LogP) is 1.77. The van der Waals surface area contributed by atoms with E-state index in [1.54, 1.807) is 20.3 Å². The van der Waals surface area contributed by atoms with Gasteiger partial charge < -0.3 is 20.1 Å². The van der Waals surface area contributed by atoms with E-state index < -0.39 is 0 Å². The molecule has 0 aromatic heterocycles. The van der Waals surface area contributed by atoms with Crippen molar-refractivity contribution in [3.63, 3.8) is 0 Å². The Morgan fingerprint density at radius 3 is 2.89 bits per heavy atom. The number of rotatable bonds is 4. The Labute approximate surface area is 120 Å². The summed E-state index contributed by atoms with van der Waals surface area (Å²) in [5.41, 5.74) is 0.701. The van der Waals surface area contributed by atoms with Crippen molar-refractivity contribution in [3.8, 4) is 5.75 Å². The molecule has 104 valence electrons. The van der Waals surface area contributed by atoms with Gasteiger partial charge in [-0.25, -0.2) is 0 Å². The first-order valence-corrected chi connectivity index (χ1v) is 6.84. The van der Waals surface area contributed by atoms with Crippen LogP contribution >= 0.6 is 15.9 Å². The van der Waals surface area contributed by atoms with Crippen molar-refractivity contribution in [1.29, 1.82) is 0 Å². The fourth-order valence-corrected chi connectivity index (χ4v) is 2.38. The molecule has 6 heteroatoms. The number of benzene rings is 1. The summed E-state index contributed by atoms with van der Waals surface area (Å²) < 4.78 is 11.2. The highest BCUT2D eigenvalue weighted by atomic mass is 79.9. The Morgan fingerprint density at radius 1 is 1.47 bits per heavy atom. The summed E-state index contributed by atoms with van der Waals surface area (Å²) in [6.45, 7) is 0.702. The zero-order chi connectivity index (χ0) is 13.8. The maximum absolute atomic E-state index is 12.1. The van der Waals surface area contributed by atoms with E-state index in [1.807, 2.05) is 12.1 Å². The zero-order valence-electron chi connectivity index (χ0n) is 10.9. The number of amides is 1. The third-order valence-electron chi connectivity index (χ3n) is 3.17. The molecule has 1 aliphatic rings. The number of nitrogens with one attached hydrogen (secondary N) is 2. The molecular weight excluding hydrogens is 312 g/mol. The maximum Gasteiger partial charge on any atom is 0.241 e. The van der Waals surface area contributed by atoms with Crippen LogP contribution in [0.15, 0.2) is 22.7 Å². The molecule has 2 N–H and O–H groups in total. The summed E-state index contributed by atoms with van der Waals surface area (Å²) in [6.07, 6.45) is 0.786. The van der Waals surface area contributed by atoms with E-state index in [9.17, 15) is 4.79 Å². The molecule has 1 aromatic rings. The molecule has 1 heterocycles. The van der Waals surface area contributed by atoms with Crippen molar-refractivity contribution >= 4 is 27.5 Å². The van der Waals surface area contributed by atoms with E-state index in [0.717, 1.165) is 4.47 Å². The molecule has 5 nitrogen and oxygen atoms in total. The molecule has 1 saturated heterocycles. The summed E-state index contributed by atoms with van der Waals surface area (Å²) in [6, 6.07) is 5.23. The minimum Gasteiger partial charge on any atom is -0.497 e. The van der Waals surface area contributed by atoms with E-state index in [1.165, 1.54) is 0 Å². The number of halogens is 1. The van der Waals surface area contributed by atoms with Crippen molar-refractivity contribution in [2.45, 2.75) is 18.6 Å². The molecular formula is C13H17BrN2O3. The van der Waals surface area contributed by atoms with Crippen LogP contribution in [-0.4, -0.2) is 38.8 Å². The highest BCUT2D eigenvalue weighted by molar-refractivity contribution is 9.10. The Balaban J connectivity index is 2.03. The van der Waals surface area contributed by atoms with Gasteiger partial charge in [0.1, 0.15) is 5.75 Å². The first kappa shape index (κ1) is 14.3. The number of hydrogen-bond donors (Lipinski definition) is 2. The molecule has 1 amide bonds. The molecule has 0 bridgehead atoms. The van der Waals surface area contributed by atoms with Crippen molar-refractivity contribution in [2.75, 3.05) is 26.1 Å². The zero-order valence-corrected chi connectivity index (χ0v) is 12.5. The topological polar surface area (TPSA) is 59.6 Å². The maximum atomic E-state index is 12.1. The summed E-state index contributed by atoms with van der Waals surface area (Å²) in [7, 11) is 3.25. The second-order valence-electron chi connectivity index (χ2n) is 4.39. The van der Waals surface area contributed by atoms with Gasteiger partial charge in [0.25, 0.3) is 0 Å². The van der Waals surface area contributed by atoms with Gasteiger partial charge >= 0.3 is 0 Å². The average Bonchev–Trinajstić information content (AvgIpc) is 2.90. The summed E-state index contributed by atoms with van der Waals surface area (Å²) in [5, 5.41) is 6.03. The highest BCUT2D eigenvalue weighted by Crippen LogP contribution is 2.27. The van der Waals surface area contributed by atoms with Crippen molar-refractivity contribution < 1.29 is 14.3 Å². The van der Waals surface area contributed by atoms with Crippen LogP contribution in [0.1, 0.15) is 6.42 Å². The normalized spacial score (nSPS) is 22.3. The van der Waals surface area contributed by atoms with E-state index in [2.05, 4.69) is 26.6 Å². The van der Waals surface area contributed by atoms with Crippen LogP contribution in [0.2, 0.25) is 0 Å². The number of hydrogen-bond acceptors (Lipinski definition) is 4. The van der Waals surface area contributed by atoms with Gasteiger partial charge in [-0.1, -0.05) is 0 Å². The molecule has 0 spiro atoms. The number of anilines is 1. The van der Waals surface area contributed by atoms with E-state index in [4.69, 9.17) is 9.47 Å². The van der Waals surface area contributed by atoms with Crippen LogP contribution in [-0.2, 0) is 9.53 Å². The van der Waals surface area contributed by atoms with Crippen molar-refractivity contribution in [2.24, 2.45) is 0 Å². The Morgan fingerprint density at radius 2 is 2.26 bits per heavy atom. The molecule has 1 aliphatic heterocycles. The second kappa shape index (κ2) is 6.36. The van der Waals surface area contributed by atoms with Crippen LogP contribution < -0.4 is 15.4 Å². The lowest BCUT2D eigenvalue weighted by Crippen LogP contribution is -2.35. The molecule has 1 aromatic carbocycles. The van der Waals surface area contributed by atoms with Gasteiger partial charge in [0, 0.05) is 24.2 Å². The molecule has 19 heavy (non-hydrogen) atoms. The minimum atomic E-state index is -0.219. The van der Waals surface area contributed by atoms with Crippen molar-refractivity contribution in [1.82, 2.24) is 5.32 Å². The third kappa shape index (κ3) is 3.46. The van der Waals surface area contributed by atoms with Crippen LogP contribution in [0.25, 0.3) is 0 Å². The largest absolute Gasteiger partial charge is 0.497 e. The van der Waals surface area contributed by atoms with Crippen LogP contribution in [0.3, 0.4) is 0 Å². The van der Waals surface area contributed by atoms with E-state index in [0.29, 0.717) is 24.4 Å². The second-order valence-corrected chi connectivity index (χ2v) is 5.24. The van der Waals surface area contributed by atoms with Gasteiger partial charge in [-0.05, 0) is 34.5 Å². The summed E-state index contributed by atoms with van der Waals surface area (Å²) in [5.74, 6) is 0.640. The van der Waals surface area contributed by atoms with Crippen LogP contribution in [0, 0.1) is 0 Å². The molecule has 0 radical (unpaired) electrons. The third-order valence-corrected chi connectivity index (χ3v) is 3.86. The average molecular weight is 329 g/mol. The van der Waals surface area contributed by atoms with Gasteiger partial charge in [-0.2, -0.15) is 0 Å². The van der Waals surface area contributed by atoms with E-state index >= 15 is 0 Å². The smallest absolute Gasteiger partial charge is 0.241 e. The number of carbonyl (C=O) groups excluding carboxylic acids is 1. The van der Waals surface area contributed by atoms with Gasteiger partial charge in [0.2, 0.25) is 5.91 Å². The monoisotopic (exact) mass is 328 g/mol. The Bertz CT molecular complexity index is 467. The van der Waals surface area contributed by atoms with Gasteiger partial charge in [-0.3, -0.25) is 4.79 Å². The lowest BCUT2D eigenvalue weighted by atomic mass is 10.2. The molecule has 2 atom stereocenters. The quantitative estimate of drug-likeness (QED) is 0.884. The molecule has 0 saturated carbocycles. The lowest BCUT2D eigenvalue weighted by Gasteiger charge is -2.13. The number of methoxy groups -OCH3 is 2. The fourth-order valence-electron chi connectivity index (χ4n) is 2.03. The van der Waals surface area contributed by atoms with E-state index in [-0.39, 0.29) is 18.1 Å². The molecule has 2 unspecified atom stereocenters. The molecule has 1 fully saturated rings. The SMILES string of the molecule is COc1ccc(Br)c(NC(=O)C2CC(OC)CN2)c1.